The first-order valence-corrected chi connectivity index (χ1v) is 16.2. The molecule has 0 unspecified atom stereocenters. The molecule has 1 aliphatic rings. The van der Waals surface area contributed by atoms with Gasteiger partial charge in [0.25, 0.3) is 5.56 Å². The molecule has 234 valence electrons. The largest absolute Gasteiger partial charge is 0.493 e. The molecule has 45 heavy (non-hydrogen) atoms. The first-order chi connectivity index (χ1) is 21.6. The SMILES string of the molecule is CCOC(=O)C1=C(C)N=c2s/c(=C/c3cc(I)c(OCc4cccc(F)c4)c(OC)c3)c(=O)n2[C@@H]1c1ccccc1OC(C)C. The molecule has 0 radical (unpaired) electrons. The van der Waals surface area contributed by atoms with E-state index >= 15 is 0 Å². The van der Waals surface area contributed by atoms with Crippen LogP contribution in [0.1, 0.15) is 50.4 Å². The van der Waals surface area contributed by atoms with E-state index in [-0.39, 0.29) is 36.3 Å². The van der Waals surface area contributed by atoms with Crippen molar-refractivity contribution in [3.8, 4) is 17.2 Å². The van der Waals surface area contributed by atoms with Gasteiger partial charge in [0.05, 0.1) is 39.2 Å². The molecular formula is C34H32FIN2O6S. The number of hydrogen-bond acceptors (Lipinski definition) is 8. The zero-order valence-corrected chi connectivity index (χ0v) is 28.4. The standard InChI is InChI=1S/C34H32FIN2O6S/c1-6-42-33(40)29-20(4)37-34-38(30(29)24-12-7-8-13-26(24)44-19(2)3)32(39)28(45-34)17-22-15-25(36)31(27(16-22)41-5)43-18-21-10-9-11-23(35)14-21/h7-17,19,30H,6,18H2,1-5H3/b28-17+/t30-/m1/s1. The molecule has 4 aromatic rings. The van der Waals surface area contributed by atoms with Gasteiger partial charge in [-0.05, 0) is 97.8 Å². The van der Waals surface area contributed by atoms with Gasteiger partial charge in [-0.3, -0.25) is 9.36 Å². The second-order valence-electron chi connectivity index (χ2n) is 10.5. The molecule has 8 nitrogen and oxygen atoms in total. The fourth-order valence-electron chi connectivity index (χ4n) is 5.05. The molecule has 0 bridgehead atoms. The number of para-hydroxylation sites is 1. The van der Waals surface area contributed by atoms with Crippen LogP contribution in [0.5, 0.6) is 17.2 Å². The molecule has 0 spiro atoms. The van der Waals surface area contributed by atoms with Crippen LogP contribution in [0.2, 0.25) is 0 Å². The minimum absolute atomic E-state index is 0.128. The fourth-order valence-corrected chi connectivity index (χ4v) is 6.88. The van der Waals surface area contributed by atoms with E-state index in [2.05, 4.69) is 27.6 Å². The van der Waals surface area contributed by atoms with E-state index in [9.17, 15) is 14.0 Å². The number of esters is 1. The number of halogens is 2. The number of ether oxygens (including phenoxy) is 4. The van der Waals surface area contributed by atoms with Gasteiger partial charge in [-0.2, -0.15) is 0 Å². The highest BCUT2D eigenvalue weighted by molar-refractivity contribution is 14.1. The Kier molecular flexibility index (Phi) is 10.1. The number of methoxy groups -OCH3 is 1. The molecule has 1 aromatic heterocycles. The van der Waals surface area contributed by atoms with Gasteiger partial charge >= 0.3 is 5.97 Å². The highest BCUT2D eigenvalue weighted by Gasteiger charge is 2.35. The van der Waals surface area contributed by atoms with Gasteiger partial charge in [-0.1, -0.05) is 41.7 Å². The number of hydrogen-bond donors (Lipinski definition) is 0. The maximum atomic E-state index is 14.1. The lowest BCUT2D eigenvalue weighted by Crippen LogP contribution is -2.40. The summed E-state index contributed by atoms with van der Waals surface area (Å²) >= 11 is 3.38. The predicted molar refractivity (Wildman–Crippen MR) is 179 cm³/mol. The lowest BCUT2D eigenvalue weighted by molar-refractivity contribution is -0.139. The first kappa shape index (κ1) is 32.4. The molecule has 0 aliphatic carbocycles. The fraction of sp³-hybridized carbons (Fsp3) is 0.265. The van der Waals surface area contributed by atoms with Crippen LogP contribution in [-0.2, 0) is 16.1 Å². The van der Waals surface area contributed by atoms with Crippen molar-refractivity contribution in [3.63, 3.8) is 0 Å². The summed E-state index contributed by atoms with van der Waals surface area (Å²) in [6, 6.07) is 16.5. The Balaban J connectivity index is 1.60. The summed E-state index contributed by atoms with van der Waals surface area (Å²) in [6.45, 7) is 7.66. The van der Waals surface area contributed by atoms with Gasteiger partial charge in [-0.25, -0.2) is 14.2 Å². The topological polar surface area (TPSA) is 88.4 Å². The molecule has 3 aromatic carbocycles. The minimum atomic E-state index is -0.800. The van der Waals surface area contributed by atoms with Crippen LogP contribution in [0.4, 0.5) is 4.39 Å². The summed E-state index contributed by atoms with van der Waals surface area (Å²) in [7, 11) is 1.54. The number of benzene rings is 3. The van der Waals surface area contributed by atoms with E-state index in [1.54, 1.807) is 38.1 Å². The Morgan fingerprint density at radius 3 is 2.62 bits per heavy atom. The van der Waals surface area contributed by atoms with E-state index in [0.717, 1.165) is 3.57 Å². The van der Waals surface area contributed by atoms with Crippen molar-refractivity contribution < 1.29 is 28.1 Å². The smallest absolute Gasteiger partial charge is 0.338 e. The van der Waals surface area contributed by atoms with Crippen molar-refractivity contribution in [2.24, 2.45) is 4.99 Å². The highest BCUT2D eigenvalue weighted by Crippen LogP contribution is 2.37. The summed E-state index contributed by atoms with van der Waals surface area (Å²) in [6.07, 6.45) is 1.64. The van der Waals surface area contributed by atoms with Gasteiger partial charge in [0, 0.05) is 5.56 Å². The Morgan fingerprint density at radius 2 is 1.91 bits per heavy atom. The van der Waals surface area contributed by atoms with Crippen LogP contribution >= 0.6 is 33.9 Å². The van der Waals surface area contributed by atoms with Crippen molar-refractivity contribution in [2.75, 3.05) is 13.7 Å². The average Bonchev–Trinajstić information content (AvgIpc) is 3.29. The summed E-state index contributed by atoms with van der Waals surface area (Å²) < 4.78 is 39.5. The first-order valence-electron chi connectivity index (χ1n) is 14.3. The molecule has 0 saturated heterocycles. The maximum Gasteiger partial charge on any atom is 0.338 e. The van der Waals surface area contributed by atoms with E-state index < -0.39 is 12.0 Å². The number of aromatic nitrogens is 1. The summed E-state index contributed by atoms with van der Waals surface area (Å²) in [5.41, 5.74) is 2.50. The number of nitrogens with zero attached hydrogens (tertiary/aromatic N) is 2. The predicted octanol–water partition coefficient (Wildman–Crippen LogP) is 5.92. The van der Waals surface area contributed by atoms with Crippen molar-refractivity contribution in [1.29, 1.82) is 0 Å². The molecule has 0 amide bonds. The number of allylic oxidation sites excluding steroid dienone is 1. The molecule has 1 aliphatic heterocycles. The lowest BCUT2D eigenvalue weighted by atomic mass is 9.95. The zero-order valence-electron chi connectivity index (χ0n) is 25.4. The van der Waals surface area contributed by atoms with E-state index in [1.807, 2.05) is 44.2 Å². The van der Waals surface area contributed by atoms with Crippen molar-refractivity contribution >= 4 is 46.0 Å². The number of rotatable bonds is 10. The normalized spacial score (nSPS) is 14.7. The quantitative estimate of drug-likeness (QED) is 0.148. The Labute approximate surface area is 277 Å². The second-order valence-corrected chi connectivity index (χ2v) is 12.6. The maximum absolute atomic E-state index is 14.1. The van der Waals surface area contributed by atoms with Crippen molar-refractivity contribution in [1.82, 2.24) is 4.57 Å². The summed E-state index contributed by atoms with van der Waals surface area (Å²) in [5.74, 6) is 0.673. The van der Waals surface area contributed by atoms with Crippen LogP contribution in [0, 0.1) is 9.39 Å². The molecule has 0 fully saturated rings. The number of carbonyl (C=O) groups is 1. The van der Waals surface area contributed by atoms with Gasteiger partial charge in [0.2, 0.25) is 0 Å². The molecule has 2 heterocycles. The zero-order chi connectivity index (χ0) is 32.2. The van der Waals surface area contributed by atoms with E-state index in [1.165, 1.54) is 35.1 Å². The molecule has 0 N–H and O–H groups in total. The van der Waals surface area contributed by atoms with Crippen LogP contribution in [0.15, 0.2) is 81.7 Å². The third-order valence-corrected chi connectivity index (χ3v) is 8.70. The van der Waals surface area contributed by atoms with Crippen LogP contribution < -0.4 is 29.1 Å². The molecular weight excluding hydrogens is 710 g/mol. The number of thiazole rings is 1. The number of fused-ring (bicyclic) bond motifs is 1. The average molecular weight is 743 g/mol. The number of carbonyl (C=O) groups excluding carboxylic acids is 1. The van der Waals surface area contributed by atoms with Gasteiger partial charge in [0.1, 0.15) is 24.2 Å². The van der Waals surface area contributed by atoms with Crippen LogP contribution in [-0.4, -0.2) is 30.4 Å². The lowest BCUT2D eigenvalue weighted by Gasteiger charge is -2.26. The monoisotopic (exact) mass is 742 g/mol. The van der Waals surface area contributed by atoms with Gasteiger partial charge in [0.15, 0.2) is 16.3 Å². The van der Waals surface area contributed by atoms with Gasteiger partial charge < -0.3 is 18.9 Å². The van der Waals surface area contributed by atoms with E-state index in [4.69, 9.17) is 18.9 Å². The van der Waals surface area contributed by atoms with Gasteiger partial charge in [-0.15, -0.1) is 0 Å². The summed E-state index contributed by atoms with van der Waals surface area (Å²) in [4.78, 5) is 32.6. The second kappa shape index (κ2) is 14.0. The molecule has 0 saturated carbocycles. The van der Waals surface area contributed by atoms with Crippen molar-refractivity contribution in [3.05, 3.63) is 118 Å². The molecule has 1 atom stereocenters. The minimum Gasteiger partial charge on any atom is -0.493 e. The highest BCUT2D eigenvalue weighted by atomic mass is 127. The molecule has 5 rings (SSSR count). The Bertz CT molecular complexity index is 1970. The van der Waals surface area contributed by atoms with Crippen LogP contribution in [0.25, 0.3) is 6.08 Å². The Morgan fingerprint density at radius 1 is 1.13 bits per heavy atom. The Hall–Kier alpha value is -3.97. The molecule has 11 heteroatoms. The van der Waals surface area contributed by atoms with Crippen molar-refractivity contribution in [2.45, 2.75) is 46.4 Å². The van der Waals surface area contributed by atoms with Crippen LogP contribution in [0.3, 0.4) is 0 Å². The summed E-state index contributed by atoms with van der Waals surface area (Å²) in [5, 5.41) is 0. The third-order valence-electron chi connectivity index (χ3n) is 6.92. The van der Waals surface area contributed by atoms with E-state index in [0.29, 0.717) is 49.0 Å². The third kappa shape index (κ3) is 6.99.